The van der Waals surface area contributed by atoms with Crippen LogP contribution in [0.4, 0.5) is 0 Å². The lowest BCUT2D eigenvalue weighted by atomic mass is 9.90. The van der Waals surface area contributed by atoms with Gasteiger partial charge in [-0.1, -0.05) is 60.2 Å². The zero-order valence-corrected chi connectivity index (χ0v) is 12.7. The summed E-state index contributed by atoms with van der Waals surface area (Å²) in [5.74, 6) is 1.65. The van der Waals surface area contributed by atoms with E-state index >= 15 is 0 Å². The fourth-order valence-corrected chi connectivity index (χ4v) is 3.29. The van der Waals surface area contributed by atoms with E-state index < -0.39 is 0 Å². The van der Waals surface area contributed by atoms with Gasteiger partial charge in [-0.25, -0.2) is 0 Å². The summed E-state index contributed by atoms with van der Waals surface area (Å²) in [5.41, 5.74) is 7.34. The normalized spacial score (nSPS) is 18.1. The topological polar surface area (TPSA) is 26.0 Å². The van der Waals surface area contributed by atoms with Crippen LogP contribution in [-0.2, 0) is 6.42 Å². The Hall–Kier alpha value is -0.340. The number of hydrogen-bond acceptors (Lipinski definition) is 1. The van der Waals surface area contributed by atoms with Crippen molar-refractivity contribution >= 4 is 15.9 Å². The molecule has 1 aromatic carbocycles. The Kier molecular flexibility index (Phi) is 5.71. The van der Waals surface area contributed by atoms with Gasteiger partial charge in [-0.05, 0) is 48.9 Å². The van der Waals surface area contributed by atoms with Crippen LogP contribution >= 0.6 is 15.9 Å². The van der Waals surface area contributed by atoms with Gasteiger partial charge in [-0.2, -0.15) is 0 Å². The maximum atomic E-state index is 5.93. The molecule has 0 radical (unpaired) electrons. The van der Waals surface area contributed by atoms with E-state index in [0.29, 0.717) is 5.92 Å². The van der Waals surface area contributed by atoms with Crippen molar-refractivity contribution in [2.45, 2.75) is 44.9 Å². The van der Waals surface area contributed by atoms with Gasteiger partial charge in [0.05, 0.1) is 0 Å². The smallest absolute Gasteiger partial charge is 0.0175 e. The van der Waals surface area contributed by atoms with Crippen molar-refractivity contribution in [3.8, 4) is 0 Å². The maximum absolute atomic E-state index is 5.93. The molecule has 0 aliphatic heterocycles. The molecule has 1 unspecified atom stereocenters. The molecule has 2 N–H and O–H groups in total. The van der Waals surface area contributed by atoms with E-state index in [1.165, 1.54) is 44.1 Å². The fraction of sp³-hybridized carbons (Fsp3) is 0.625. The molecule has 1 saturated carbocycles. The van der Waals surface area contributed by atoms with E-state index in [9.17, 15) is 0 Å². The first-order chi connectivity index (χ1) is 8.78. The summed E-state index contributed by atoms with van der Waals surface area (Å²) in [6.45, 7) is 0.822. The van der Waals surface area contributed by atoms with Crippen LogP contribution in [0.25, 0.3) is 0 Å². The fourth-order valence-electron chi connectivity index (χ4n) is 3.03. The summed E-state index contributed by atoms with van der Waals surface area (Å²) in [6.07, 6.45) is 9.63. The predicted molar refractivity (Wildman–Crippen MR) is 81.6 cm³/mol. The number of rotatable bonds is 6. The number of halogens is 1. The molecule has 100 valence electrons. The van der Waals surface area contributed by atoms with Crippen molar-refractivity contribution in [2.24, 2.45) is 17.6 Å². The lowest BCUT2D eigenvalue weighted by molar-refractivity contribution is 0.400. The second kappa shape index (κ2) is 7.30. The molecule has 2 heteroatoms. The Labute approximate surface area is 119 Å². The van der Waals surface area contributed by atoms with E-state index in [0.717, 1.165) is 23.4 Å². The molecule has 18 heavy (non-hydrogen) atoms. The highest BCUT2D eigenvalue weighted by Gasteiger charge is 2.17. The molecule has 1 aromatic rings. The van der Waals surface area contributed by atoms with Crippen LogP contribution < -0.4 is 5.73 Å². The first kappa shape index (κ1) is 14.1. The summed E-state index contributed by atoms with van der Waals surface area (Å²) in [6, 6.07) is 8.67. The third kappa shape index (κ3) is 4.40. The van der Waals surface area contributed by atoms with Crippen molar-refractivity contribution in [1.82, 2.24) is 0 Å². The summed E-state index contributed by atoms with van der Waals surface area (Å²) >= 11 is 3.48. The number of benzene rings is 1. The molecule has 0 spiro atoms. The lowest BCUT2D eigenvalue weighted by Crippen LogP contribution is -2.17. The first-order valence-corrected chi connectivity index (χ1v) is 8.01. The van der Waals surface area contributed by atoms with E-state index in [4.69, 9.17) is 5.73 Å². The Balaban J connectivity index is 1.79. The van der Waals surface area contributed by atoms with Gasteiger partial charge in [0.1, 0.15) is 0 Å². The quantitative estimate of drug-likeness (QED) is 0.820. The Morgan fingerprint density at radius 1 is 1.17 bits per heavy atom. The van der Waals surface area contributed by atoms with Crippen LogP contribution in [0, 0.1) is 11.8 Å². The third-order valence-corrected chi connectivity index (χ3v) is 4.76. The van der Waals surface area contributed by atoms with Crippen molar-refractivity contribution in [2.75, 3.05) is 6.54 Å². The van der Waals surface area contributed by atoms with Gasteiger partial charge in [-0.15, -0.1) is 0 Å². The minimum atomic E-state index is 0.659. The zero-order chi connectivity index (χ0) is 12.8. The standard InChI is InChI=1S/C16H24BrN/c17-16-9-7-14(8-10-16)11-15(12-18)6-5-13-3-1-2-4-13/h7-10,13,15H,1-6,11-12,18H2. The van der Waals surface area contributed by atoms with Crippen LogP contribution in [0.3, 0.4) is 0 Å². The largest absolute Gasteiger partial charge is 0.330 e. The summed E-state index contributed by atoms with van der Waals surface area (Å²) < 4.78 is 1.15. The molecule has 1 aliphatic carbocycles. The van der Waals surface area contributed by atoms with Gasteiger partial charge < -0.3 is 5.73 Å². The summed E-state index contributed by atoms with van der Waals surface area (Å²) in [4.78, 5) is 0. The molecule has 0 saturated heterocycles. The Morgan fingerprint density at radius 2 is 1.83 bits per heavy atom. The average Bonchev–Trinajstić information content (AvgIpc) is 2.90. The maximum Gasteiger partial charge on any atom is 0.0175 e. The molecule has 0 heterocycles. The molecule has 1 aliphatic rings. The van der Waals surface area contributed by atoms with Gasteiger partial charge in [-0.3, -0.25) is 0 Å². The van der Waals surface area contributed by atoms with Crippen molar-refractivity contribution in [1.29, 1.82) is 0 Å². The second-order valence-electron chi connectivity index (χ2n) is 5.66. The van der Waals surface area contributed by atoms with Crippen LogP contribution in [0.5, 0.6) is 0 Å². The average molecular weight is 310 g/mol. The van der Waals surface area contributed by atoms with E-state index in [1.807, 2.05) is 0 Å². The minimum absolute atomic E-state index is 0.659. The monoisotopic (exact) mass is 309 g/mol. The second-order valence-corrected chi connectivity index (χ2v) is 6.58. The molecule has 1 atom stereocenters. The number of nitrogens with two attached hydrogens (primary N) is 1. The predicted octanol–water partition coefficient (Wildman–Crippen LogP) is 4.54. The molecule has 1 fully saturated rings. The van der Waals surface area contributed by atoms with E-state index in [-0.39, 0.29) is 0 Å². The minimum Gasteiger partial charge on any atom is -0.330 e. The Morgan fingerprint density at radius 3 is 2.44 bits per heavy atom. The molecule has 2 rings (SSSR count). The third-order valence-electron chi connectivity index (χ3n) is 4.23. The Bertz CT molecular complexity index is 341. The highest BCUT2D eigenvalue weighted by atomic mass is 79.9. The molecular weight excluding hydrogens is 286 g/mol. The highest BCUT2D eigenvalue weighted by molar-refractivity contribution is 9.10. The molecular formula is C16H24BrN. The van der Waals surface area contributed by atoms with Gasteiger partial charge in [0.2, 0.25) is 0 Å². The van der Waals surface area contributed by atoms with Crippen molar-refractivity contribution < 1.29 is 0 Å². The van der Waals surface area contributed by atoms with Gasteiger partial charge in [0, 0.05) is 4.47 Å². The molecule has 0 aromatic heterocycles. The van der Waals surface area contributed by atoms with Crippen LogP contribution in [0.15, 0.2) is 28.7 Å². The number of hydrogen-bond donors (Lipinski definition) is 1. The van der Waals surface area contributed by atoms with Crippen molar-refractivity contribution in [3.63, 3.8) is 0 Å². The van der Waals surface area contributed by atoms with Gasteiger partial charge in [0.25, 0.3) is 0 Å². The zero-order valence-electron chi connectivity index (χ0n) is 11.1. The van der Waals surface area contributed by atoms with E-state index in [1.54, 1.807) is 0 Å². The van der Waals surface area contributed by atoms with Crippen LogP contribution in [0.1, 0.15) is 44.1 Å². The molecule has 0 amide bonds. The van der Waals surface area contributed by atoms with Crippen LogP contribution in [-0.4, -0.2) is 6.54 Å². The molecule has 1 nitrogen and oxygen atoms in total. The van der Waals surface area contributed by atoms with Crippen LogP contribution in [0.2, 0.25) is 0 Å². The highest BCUT2D eigenvalue weighted by Crippen LogP contribution is 2.30. The van der Waals surface area contributed by atoms with Gasteiger partial charge in [0.15, 0.2) is 0 Å². The lowest BCUT2D eigenvalue weighted by Gasteiger charge is -2.17. The van der Waals surface area contributed by atoms with Gasteiger partial charge >= 0.3 is 0 Å². The SMILES string of the molecule is NCC(CCC1CCCC1)Cc1ccc(Br)cc1. The first-order valence-electron chi connectivity index (χ1n) is 7.22. The van der Waals surface area contributed by atoms with E-state index in [2.05, 4.69) is 40.2 Å². The summed E-state index contributed by atoms with van der Waals surface area (Å²) in [5, 5.41) is 0. The van der Waals surface area contributed by atoms with Crippen molar-refractivity contribution in [3.05, 3.63) is 34.3 Å². The summed E-state index contributed by atoms with van der Waals surface area (Å²) in [7, 11) is 0. The molecule has 0 bridgehead atoms.